The Morgan fingerprint density at radius 1 is 1.23 bits per heavy atom. The van der Waals surface area contributed by atoms with Crippen LogP contribution in [0.25, 0.3) is 0 Å². The summed E-state index contributed by atoms with van der Waals surface area (Å²) in [6.07, 6.45) is 0.976. The number of hydrogen-bond donors (Lipinski definition) is 0. The van der Waals surface area contributed by atoms with Gasteiger partial charge >= 0.3 is 0 Å². The van der Waals surface area contributed by atoms with Gasteiger partial charge in [-0.1, -0.05) is 24.6 Å². The van der Waals surface area contributed by atoms with Crippen molar-refractivity contribution in [3.63, 3.8) is 0 Å². The van der Waals surface area contributed by atoms with Crippen molar-refractivity contribution in [1.29, 1.82) is 0 Å². The highest BCUT2D eigenvalue weighted by molar-refractivity contribution is 6.30. The Balaban J connectivity index is 1.68. The zero-order valence-electron chi connectivity index (χ0n) is 15.7. The summed E-state index contributed by atoms with van der Waals surface area (Å²) in [5.41, 5.74) is 2.49. The lowest BCUT2D eigenvalue weighted by Crippen LogP contribution is -2.48. The maximum atomic E-state index is 6.19. The lowest BCUT2D eigenvalue weighted by molar-refractivity contribution is 0.157. The predicted octanol–water partition coefficient (Wildman–Crippen LogP) is 2.55. The molecule has 0 radical (unpaired) electrons. The van der Waals surface area contributed by atoms with E-state index in [2.05, 4.69) is 51.3 Å². The minimum absolute atomic E-state index is 0.226. The van der Waals surface area contributed by atoms with E-state index >= 15 is 0 Å². The number of aryl methyl sites for hydroxylation is 1. The van der Waals surface area contributed by atoms with Crippen molar-refractivity contribution < 1.29 is 4.74 Å². The molecule has 7 nitrogen and oxygen atoms in total. The van der Waals surface area contributed by atoms with Crippen molar-refractivity contribution in [2.45, 2.75) is 32.9 Å². The van der Waals surface area contributed by atoms with Crippen LogP contribution in [0, 0.1) is 6.92 Å². The second kappa shape index (κ2) is 8.79. The second-order valence-corrected chi connectivity index (χ2v) is 7.07. The zero-order chi connectivity index (χ0) is 18.5. The van der Waals surface area contributed by atoms with E-state index < -0.39 is 0 Å². The molecule has 2 aromatic rings. The Kier molecular flexibility index (Phi) is 6.45. The van der Waals surface area contributed by atoms with E-state index in [1.54, 1.807) is 7.11 Å². The van der Waals surface area contributed by atoms with Gasteiger partial charge in [0.1, 0.15) is 0 Å². The van der Waals surface area contributed by atoms with Gasteiger partial charge in [-0.2, -0.15) is 0 Å². The minimum Gasteiger partial charge on any atom is -0.383 e. The van der Waals surface area contributed by atoms with E-state index in [-0.39, 0.29) is 6.04 Å². The molecule has 0 aliphatic carbocycles. The van der Waals surface area contributed by atoms with Crippen LogP contribution in [0.4, 0.5) is 5.69 Å². The van der Waals surface area contributed by atoms with Crippen molar-refractivity contribution in [1.82, 2.24) is 25.1 Å². The third-order valence-electron chi connectivity index (χ3n) is 5.02. The number of rotatable bonds is 7. The molecule has 0 spiro atoms. The SMILES string of the molecule is CC[C@@H](c1nnnn1CCOC)N1CCN(c2cc(Cl)ccc2C)CC1. The molecule has 0 amide bonds. The van der Waals surface area contributed by atoms with Crippen LogP contribution in [0.5, 0.6) is 0 Å². The van der Waals surface area contributed by atoms with Crippen LogP contribution in [0.2, 0.25) is 5.02 Å². The number of halogens is 1. The van der Waals surface area contributed by atoms with Crippen LogP contribution in [0.15, 0.2) is 18.2 Å². The van der Waals surface area contributed by atoms with Crippen molar-refractivity contribution in [2.24, 2.45) is 0 Å². The molecule has 1 fully saturated rings. The van der Waals surface area contributed by atoms with Crippen LogP contribution in [0.3, 0.4) is 0 Å². The lowest BCUT2D eigenvalue weighted by atomic mass is 10.1. The molecule has 142 valence electrons. The maximum Gasteiger partial charge on any atom is 0.168 e. The number of ether oxygens (including phenoxy) is 1. The highest BCUT2D eigenvalue weighted by Gasteiger charge is 2.28. The molecule has 1 aromatic carbocycles. The van der Waals surface area contributed by atoms with Crippen LogP contribution >= 0.6 is 11.6 Å². The molecule has 1 atom stereocenters. The number of anilines is 1. The van der Waals surface area contributed by atoms with Gasteiger partial charge in [-0.15, -0.1) is 5.10 Å². The van der Waals surface area contributed by atoms with Gasteiger partial charge < -0.3 is 9.64 Å². The van der Waals surface area contributed by atoms with Gasteiger partial charge in [-0.25, -0.2) is 4.68 Å². The van der Waals surface area contributed by atoms with E-state index in [9.17, 15) is 0 Å². The number of benzene rings is 1. The quantitative estimate of drug-likeness (QED) is 0.738. The van der Waals surface area contributed by atoms with Gasteiger partial charge in [0.15, 0.2) is 5.82 Å². The average molecular weight is 379 g/mol. The van der Waals surface area contributed by atoms with Gasteiger partial charge in [0.05, 0.1) is 19.2 Å². The van der Waals surface area contributed by atoms with E-state index in [1.807, 2.05) is 10.7 Å². The summed E-state index contributed by atoms with van der Waals surface area (Å²) in [6, 6.07) is 6.33. The molecule has 1 aliphatic rings. The van der Waals surface area contributed by atoms with Gasteiger partial charge in [0, 0.05) is 44.0 Å². The van der Waals surface area contributed by atoms with Gasteiger partial charge in [0.2, 0.25) is 0 Å². The highest BCUT2D eigenvalue weighted by atomic mass is 35.5. The summed E-state index contributed by atoms with van der Waals surface area (Å²) in [5, 5.41) is 13.1. The van der Waals surface area contributed by atoms with Crippen molar-refractivity contribution in [3.05, 3.63) is 34.6 Å². The number of tetrazole rings is 1. The van der Waals surface area contributed by atoms with Crippen LogP contribution in [-0.4, -0.2) is 65.0 Å². The third kappa shape index (κ3) is 4.16. The molecule has 2 heterocycles. The first-order valence-electron chi connectivity index (χ1n) is 9.14. The number of piperazine rings is 1. The van der Waals surface area contributed by atoms with E-state index in [1.165, 1.54) is 11.3 Å². The Labute approximate surface area is 159 Å². The smallest absolute Gasteiger partial charge is 0.168 e. The summed E-state index contributed by atoms with van der Waals surface area (Å²) >= 11 is 6.19. The Morgan fingerprint density at radius 2 is 2.00 bits per heavy atom. The Bertz CT molecular complexity index is 713. The molecule has 8 heteroatoms. The first-order valence-corrected chi connectivity index (χ1v) is 9.52. The van der Waals surface area contributed by atoms with Gasteiger partial charge in [0.25, 0.3) is 0 Å². The third-order valence-corrected chi connectivity index (χ3v) is 5.25. The van der Waals surface area contributed by atoms with Crippen LogP contribution in [-0.2, 0) is 11.3 Å². The largest absolute Gasteiger partial charge is 0.383 e. The minimum atomic E-state index is 0.226. The molecule has 3 rings (SSSR count). The number of aromatic nitrogens is 4. The molecule has 0 N–H and O–H groups in total. The second-order valence-electron chi connectivity index (χ2n) is 6.63. The van der Waals surface area contributed by atoms with Gasteiger partial charge in [-0.05, 0) is 41.5 Å². The first-order chi connectivity index (χ1) is 12.6. The standard InChI is InChI=1S/C18H27ClN6O/c1-4-16(18-20-21-22-25(18)11-12-26-3)23-7-9-24(10-8-23)17-13-15(19)6-5-14(17)2/h5-6,13,16H,4,7-12H2,1-3H3/t16-/m0/s1. The Morgan fingerprint density at radius 3 is 2.69 bits per heavy atom. The summed E-state index contributed by atoms with van der Waals surface area (Å²) in [7, 11) is 1.69. The topological polar surface area (TPSA) is 59.3 Å². The zero-order valence-corrected chi connectivity index (χ0v) is 16.5. The molecule has 1 aromatic heterocycles. The summed E-state index contributed by atoms with van der Waals surface area (Å²) in [6.45, 7) is 9.50. The average Bonchev–Trinajstić information content (AvgIpc) is 3.11. The maximum absolute atomic E-state index is 6.19. The highest BCUT2D eigenvalue weighted by Crippen LogP contribution is 2.28. The van der Waals surface area contributed by atoms with Crippen molar-refractivity contribution in [2.75, 3.05) is 44.8 Å². The summed E-state index contributed by atoms with van der Waals surface area (Å²) in [4.78, 5) is 4.89. The normalized spacial score (nSPS) is 16.8. The molecular weight excluding hydrogens is 352 g/mol. The molecule has 1 aliphatic heterocycles. The van der Waals surface area contributed by atoms with Crippen LogP contribution in [0.1, 0.15) is 30.8 Å². The van der Waals surface area contributed by atoms with Crippen molar-refractivity contribution in [3.8, 4) is 0 Å². The van der Waals surface area contributed by atoms with Crippen LogP contribution < -0.4 is 4.90 Å². The molecule has 0 bridgehead atoms. The monoisotopic (exact) mass is 378 g/mol. The Hall–Kier alpha value is -1.70. The molecule has 0 unspecified atom stereocenters. The number of methoxy groups -OCH3 is 1. The molecule has 0 saturated carbocycles. The fourth-order valence-corrected chi connectivity index (χ4v) is 3.76. The predicted molar refractivity (Wildman–Crippen MR) is 103 cm³/mol. The first kappa shape index (κ1) is 19.1. The fraction of sp³-hybridized carbons (Fsp3) is 0.611. The summed E-state index contributed by atoms with van der Waals surface area (Å²) < 4.78 is 7.03. The van der Waals surface area contributed by atoms with Gasteiger partial charge in [-0.3, -0.25) is 4.90 Å². The molecular formula is C18H27ClN6O. The fourth-order valence-electron chi connectivity index (χ4n) is 3.59. The summed E-state index contributed by atoms with van der Waals surface area (Å²) in [5.74, 6) is 0.928. The molecule has 1 saturated heterocycles. The molecule has 26 heavy (non-hydrogen) atoms. The van der Waals surface area contributed by atoms with E-state index in [0.29, 0.717) is 13.2 Å². The van der Waals surface area contributed by atoms with Crippen molar-refractivity contribution >= 4 is 17.3 Å². The number of hydrogen-bond acceptors (Lipinski definition) is 6. The number of nitrogens with zero attached hydrogens (tertiary/aromatic N) is 6. The van der Waals surface area contributed by atoms with E-state index in [4.69, 9.17) is 16.3 Å². The van der Waals surface area contributed by atoms with E-state index in [0.717, 1.165) is 43.4 Å². The lowest BCUT2D eigenvalue weighted by Gasteiger charge is -2.40.